The average molecular weight is 405 g/mol. The topological polar surface area (TPSA) is 75.0 Å². The molecule has 1 amide bonds. The molecule has 154 valence electrons. The molecule has 1 aromatic carbocycles. The van der Waals surface area contributed by atoms with E-state index in [0.29, 0.717) is 6.42 Å². The second-order valence-electron chi connectivity index (χ2n) is 7.07. The van der Waals surface area contributed by atoms with Crippen LogP contribution in [-0.2, 0) is 11.0 Å². The number of nitrogens with one attached hydrogen (secondary N) is 1. The van der Waals surface area contributed by atoms with Crippen LogP contribution in [0, 0.1) is 17.2 Å². The Morgan fingerprint density at radius 1 is 1.28 bits per heavy atom. The predicted octanol–water partition coefficient (Wildman–Crippen LogP) is 4.64. The minimum Gasteiger partial charge on any atom is -0.481 e. The van der Waals surface area contributed by atoms with Crippen molar-refractivity contribution < 1.29 is 22.7 Å². The number of rotatable bonds is 7. The summed E-state index contributed by atoms with van der Waals surface area (Å²) in [6.07, 6.45) is -2.13. The maximum atomic E-state index is 13.2. The summed E-state index contributed by atoms with van der Waals surface area (Å²) in [6.45, 7) is 5.55. The van der Waals surface area contributed by atoms with Crippen molar-refractivity contribution in [2.45, 2.75) is 45.5 Å². The van der Waals surface area contributed by atoms with Gasteiger partial charge in [-0.3, -0.25) is 9.78 Å². The van der Waals surface area contributed by atoms with Gasteiger partial charge in [-0.1, -0.05) is 19.9 Å². The summed E-state index contributed by atoms with van der Waals surface area (Å²) in [4.78, 5) is 16.7. The van der Waals surface area contributed by atoms with Crippen LogP contribution in [0.1, 0.15) is 49.9 Å². The van der Waals surface area contributed by atoms with E-state index in [2.05, 4.69) is 10.3 Å². The first-order valence-corrected chi connectivity index (χ1v) is 9.10. The van der Waals surface area contributed by atoms with Gasteiger partial charge in [0.05, 0.1) is 23.2 Å². The third-order valence-corrected chi connectivity index (χ3v) is 4.22. The third kappa shape index (κ3) is 6.21. The number of hydrogen-bond acceptors (Lipinski definition) is 4. The highest BCUT2D eigenvalue weighted by atomic mass is 19.4. The molecule has 1 aromatic heterocycles. The molecule has 0 fully saturated rings. The number of alkyl halides is 3. The lowest BCUT2D eigenvalue weighted by Crippen LogP contribution is -2.40. The van der Waals surface area contributed by atoms with E-state index in [0.717, 1.165) is 17.7 Å². The Balaban J connectivity index is 2.22. The normalized spacial score (nSPS) is 13.4. The van der Waals surface area contributed by atoms with Crippen molar-refractivity contribution in [1.29, 1.82) is 5.26 Å². The lowest BCUT2D eigenvalue weighted by atomic mass is 10.0. The predicted molar refractivity (Wildman–Crippen MR) is 101 cm³/mol. The van der Waals surface area contributed by atoms with E-state index in [1.165, 1.54) is 12.1 Å². The molecule has 0 aliphatic rings. The Morgan fingerprint density at radius 2 is 2.00 bits per heavy atom. The molecule has 1 N–H and O–H groups in total. The number of amides is 1. The van der Waals surface area contributed by atoms with E-state index in [9.17, 15) is 18.0 Å². The molecule has 8 heteroatoms. The van der Waals surface area contributed by atoms with Gasteiger partial charge in [0.25, 0.3) is 5.91 Å². The summed E-state index contributed by atoms with van der Waals surface area (Å²) in [5.41, 5.74) is -0.799. The van der Waals surface area contributed by atoms with Crippen LogP contribution >= 0.6 is 0 Å². The van der Waals surface area contributed by atoms with Crippen LogP contribution < -0.4 is 10.1 Å². The Bertz CT molecular complexity index is 877. The number of halogens is 3. The first-order valence-electron chi connectivity index (χ1n) is 9.10. The first-order chi connectivity index (χ1) is 13.6. The molecule has 2 rings (SSSR count). The van der Waals surface area contributed by atoms with Crippen LogP contribution in [0.2, 0.25) is 0 Å². The van der Waals surface area contributed by atoms with Crippen molar-refractivity contribution in [1.82, 2.24) is 10.3 Å². The Morgan fingerprint density at radius 3 is 2.55 bits per heavy atom. The molecule has 2 unspecified atom stereocenters. The van der Waals surface area contributed by atoms with Gasteiger partial charge in [-0.05, 0) is 49.1 Å². The first kappa shape index (κ1) is 22.2. The summed E-state index contributed by atoms with van der Waals surface area (Å²) in [5.74, 6) is -0.487. The standard InChI is InChI=1S/C21H22F3N3O2/c1-13(2)9-19(20(28)27-14(3)16-5-4-8-26-12-16)29-17-7-6-15(11-25)18(10-17)21(22,23)24/h4-8,10,12-14,19H,9H2,1-3H3,(H,27,28). The van der Waals surface area contributed by atoms with Crippen molar-refractivity contribution in [2.24, 2.45) is 5.92 Å². The fourth-order valence-corrected chi connectivity index (χ4v) is 2.75. The summed E-state index contributed by atoms with van der Waals surface area (Å²) in [6, 6.07) is 7.79. The molecule has 0 bridgehead atoms. The molecular weight excluding hydrogens is 383 g/mol. The zero-order valence-corrected chi connectivity index (χ0v) is 16.3. The fourth-order valence-electron chi connectivity index (χ4n) is 2.75. The van der Waals surface area contributed by atoms with Gasteiger partial charge in [-0.15, -0.1) is 0 Å². The number of benzene rings is 1. The molecule has 0 spiro atoms. The smallest absolute Gasteiger partial charge is 0.417 e. The van der Waals surface area contributed by atoms with Crippen molar-refractivity contribution in [3.05, 3.63) is 59.4 Å². The molecule has 1 heterocycles. The van der Waals surface area contributed by atoms with Crippen molar-refractivity contribution in [3.8, 4) is 11.8 Å². The van der Waals surface area contributed by atoms with Crippen LogP contribution in [0.5, 0.6) is 5.75 Å². The number of hydrogen-bond donors (Lipinski definition) is 1. The second kappa shape index (κ2) is 9.41. The summed E-state index contributed by atoms with van der Waals surface area (Å²) >= 11 is 0. The van der Waals surface area contributed by atoms with Gasteiger partial charge < -0.3 is 10.1 Å². The summed E-state index contributed by atoms with van der Waals surface area (Å²) < 4.78 is 45.2. The lowest BCUT2D eigenvalue weighted by molar-refractivity contribution is -0.137. The minimum atomic E-state index is -4.70. The van der Waals surface area contributed by atoms with Crippen LogP contribution in [0.3, 0.4) is 0 Å². The largest absolute Gasteiger partial charge is 0.481 e. The maximum absolute atomic E-state index is 13.2. The molecule has 5 nitrogen and oxygen atoms in total. The second-order valence-corrected chi connectivity index (χ2v) is 7.07. The SMILES string of the molecule is CC(C)CC(Oc1ccc(C#N)c(C(F)(F)F)c1)C(=O)NC(C)c1cccnc1. The van der Waals surface area contributed by atoms with E-state index in [-0.39, 0.29) is 17.7 Å². The van der Waals surface area contributed by atoms with Gasteiger partial charge >= 0.3 is 6.18 Å². The van der Waals surface area contributed by atoms with E-state index < -0.39 is 29.3 Å². The number of ether oxygens (including phenoxy) is 1. The van der Waals surface area contributed by atoms with Gasteiger partial charge in [-0.25, -0.2) is 0 Å². The molecule has 0 aliphatic heterocycles. The van der Waals surface area contributed by atoms with Gasteiger partial charge in [0, 0.05) is 12.4 Å². The van der Waals surface area contributed by atoms with E-state index >= 15 is 0 Å². The average Bonchev–Trinajstić information content (AvgIpc) is 2.67. The number of nitrogens with zero attached hydrogens (tertiary/aromatic N) is 2. The monoisotopic (exact) mass is 405 g/mol. The number of pyridine rings is 1. The summed E-state index contributed by atoms with van der Waals surface area (Å²) in [5, 5.41) is 11.7. The molecule has 29 heavy (non-hydrogen) atoms. The molecule has 2 atom stereocenters. The Hall–Kier alpha value is -3.08. The zero-order valence-electron chi connectivity index (χ0n) is 16.3. The molecule has 0 aliphatic carbocycles. The van der Waals surface area contributed by atoms with Crippen LogP contribution in [0.15, 0.2) is 42.7 Å². The molecule has 0 saturated carbocycles. The van der Waals surface area contributed by atoms with Crippen molar-refractivity contribution in [2.75, 3.05) is 0 Å². The van der Waals surface area contributed by atoms with E-state index in [1.54, 1.807) is 25.4 Å². The maximum Gasteiger partial charge on any atom is 0.417 e. The van der Waals surface area contributed by atoms with Crippen molar-refractivity contribution in [3.63, 3.8) is 0 Å². The number of nitriles is 1. The van der Waals surface area contributed by atoms with Crippen LogP contribution in [0.25, 0.3) is 0 Å². The Labute approximate surface area is 167 Å². The molecular formula is C21H22F3N3O2. The highest BCUT2D eigenvalue weighted by molar-refractivity contribution is 5.81. The zero-order chi connectivity index (χ0) is 21.6. The number of aromatic nitrogens is 1. The fraction of sp³-hybridized carbons (Fsp3) is 0.381. The molecule has 2 aromatic rings. The third-order valence-electron chi connectivity index (χ3n) is 4.22. The Kier molecular flexibility index (Phi) is 7.21. The van der Waals surface area contributed by atoms with Crippen LogP contribution in [0.4, 0.5) is 13.2 Å². The van der Waals surface area contributed by atoms with Gasteiger partial charge in [0.2, 0.25) is 0 Å². The molecule has 0 saturated heterocycles. The lowest BCUT2D eigenvalue weighted by Gasteiger charge is -2.23. The quantitative estimate of drug-likeness (QED) is 0.728. The highest BCUT2D eigenvalue weighted by Crippen LogP contribution is 2.34. The van der Waals surface area contributed by atoms with Gasteiger partial charge in [0.1, 0.15) is 5.75 Å². The van der Waals surface area contributed by atoms with E-state index in [1.807, 2.05) is 19.9 Å². The number of carbonyl (C=O) groups excluding carboxylic acids is 1. The van der Waals surface area contributed by atoms with Crippen molar-refractivity contribution >= 4 is 5.91 Å². The van der Waals surface area contributed by atoms with E-state index in [4.69, 9.17) is 10.00 Å². The van der Waals surface area contributed by atoms with Gasteiger partial charge in [-0.2, -0.15) is 18.4 Å². The number of carbonyl (C=O) groups is 1. The summed E-state index contributed by atoms with van der Waals surface area (Å²) in [7, 11) is 0. The van der Waals surface area contributed by atoms with Gasteiger partial charge in [0.15, 0.2) is 6.10 Å². The van der Waals surface area contributed by atoms with Crippen LogP contribution in [-0.4, -0.2) is 17.0 Å². The minimum absolute atomic E-state index is 0.0694. The molecule has 0 radical (unpaired) electrons. The highest BCUT2D eigenvalue weighted by Gasteiger charge is 2.34.